The molecule has 0 aliphatic carbocycles. The molecule has 1 amide bonds. The zero-order valence-corrected chi connectivity index (χ0v) is 17.7. The molecule has 2 saturated heterocycles. The molecule has 0 atom stereocenters. The molecule has 2 fully saturated rings. The number of likely N-dealkylation sites (tertiary alicyclic amines) is 2. The molecule has 2 aliphatic rings. The second-order valence-electron chi connectivity index (χ2n) is 6.98. The van der Waals surface area contributed by atoms with Crippen LogP contribution in [0.15, 0.2) is 4.99 Å². The lowest BCUT2D eigenvalue weighted by molar-refractivity contribution is -0.121. The zero-order chi connectivity index (χ0) is 16.7. The summed E-state index contributed by atoms with van der Waals surface area (Å²) in [5, 5.41) is 6.29. The van der Waals surface area contributed by atoms with Gasteiger partial charge >= 0.3 is 0 Å². The summed E-state index contributed by atoms with van der Waals surface area (Å²) in [5.41, 5.74) is 0. The predicted molar refractivity (Wildman–Crippen MR) is 110 cm³/mol. The average molecular weight is 451 g/mol. The second-order valence-corrected chi connectivity index (χ2v) is 6.98. The van der Waals surface area contributed by atoms with E-state index in [4.69, 9.17) is 0 Å². The maximum absolute atomic E-state index is 11.5. The highest BCUT2D eigenvalue weighted by atomic mass is 127. The van der Waals surface area contributed by atoms with Crippen molar-refractivity contribution in [3.63, 3.8) is 0 Å². The first kappa shape index (κ1) is 21.5. The van der Waals surface area contributed by atoms with E-state index in [0.29, 0.717) is 12.3 Å². The number of hydrogen-bond donors (Lipinski definition) is 2. The second kappa shape index (κ2) is 11.1. The fourth-order valence-electron chi connectivity index (χ4n) is 3.55. The highest BCUT2D eigenvalue weighted by Gasteiger charge is 2.24. The molecule has 2 heterocycles. The Balaban J connectivity index is 0.00000288. The van der Waals surface area contributed by atoms with E-state index >= 15 is 0 Å². The number of guanidine groups is 1. The molecule has 2 rings (SSSR count). The third-order valence-electron chi connectivity index (χ3n) is 5.27. The summed E-state index contributed by atoms with van der Waals surface area (Å²) >= 11 is 0. The van der Waals surface area contributed by atoms with E-state index in [1.54, 1.807) is 7.05 Å². The SMILES string of the molecule is CN=C(NCC1CCN(C)CC1)N1CCC(CC(=O)NC)CC1.I. The molecule has 0 unspecified atom stereocenters. The van der Waals surface area contributed by atoms with Crippen LogP contribution >= 0.6 is 24.0 Å². The molecular weight excluding hydrogens is 417 g/mol. The molecule has 2 N–H and O–H groups in total. The highest BCUT2D eigenvalue weighted by Crippen LogP contribution is 2.21. The lowest BCUT2D eigenvalue weighted by atomic mass is 9.93. The van der Waals surface area contributed by atoms with Gasteiger partial charge in [0.1, 0.15) is 0 Å². The molecule has 0 aromatic heterocycles. The van der Waals surface area contributed by atoms with E-state index in [0.717, 1.165) is 44.4 Å². The van der Waals surface area contributed by atoms with Crippen LogP contribution < -0.4 is 10.6 Å². The Hall–Kier alpha value is -0.570. The zero-order valence-electron chi connectivity index (χ0n) is 15.4. The van der Waals surface area contributed by atoms with Crippen LogP contribution in [0.25, 0.3) is 0 Å². The largest absolute Gasteiger partial charge is 0.359 e. The van der Waals surface area contributed by atoms with Crippen molar-refractivity contribution in [2.75, 3.05) is 53.9 Å². The van der Waals surface area contributed by atoms with Gasteiger partial charge < -0.3 is 20.4 Å². The Morgan fingerprint density at radius 3 is 2.21 bits per heavy atom. The van der Waals surface area contributed by atoms with Crippen molar-refractivity contribution in [1.82, 2.24) is 20.4 Å². The molecule has 0 saturated carbocycles. The summed E-state index contributed by atoms with van der Waals surface area (Å²) in [6.45, 7) is 5.42. The van der Waals surface area contributed by atoms with Gasteiger partial charge in [0.25, 0.3) is 0 Å². The maximum Gasteiger partial charge on any atom is 0.220 e. The molecule has 140 valence electrons. The first-order valence-electron chi connectivity index (χ1n) is 8.97. The van der Waals surface area contributed by atoms with Gasteiger partial charge in [-0.15, -0.1) is 24.0 Å². The minimum atomic E-state index is 0. The van der Waals surface area contributed by atoms with E-state index in [1.165, 1.54) is 25.9 Å². The predicted octanol–water partition coefficient (Wildman–Crippen LogP) is 1.37. The first-order chi connectivity index (χ1) is 11.1. The van der Waals surface area contributed by atoms with Crippen LogP contribution in [0.3, 0.4) is 0 Å². The molecule has 7 heteroatoms. The number of amides is 1. The van der Waals surface area contributed by atoms with Gasteiger partial charge in [0.2, 0.25) is 5.91 Å². The lowest BCUT2D eigenvalue weighted by Gasteiger charge is -2.35. The Bertz CT molecular complexity index is 402. The van der Waals surface area contributed by atoms with E-state index in [9.17, 15) is 4.79 Å². The van der Waals surface area contributed by atoms with Crippen LogP contribution in [0.2, 0.25) is 0 Å². The van der Waals surface area contributed by atoms with Crippen LogP contribution in [0.5, 0.6) is 0 Å². The monoisotopic (exact) mass is 451 g/mol. The normalized spacial score (nSPS) is 21.3. The summed E-state index contributed by atoms with van der Waals surface area (Å²) in [4.78, 5) is 20.7. The quantitative estimate of drug-likeness (QED) is 0.385. The fraction of sp³-hybridized carbons (Fsp3) is 0.882. The van der Waals surface area contributed by atoms with E-state index < -0.39 is 0 Å². The lowest BCUT2D eigenvalue weighted by Crippen LogP contribution is -2.47. The van der Waals surface area contributed by atoms with Gasteiger partial charge in [-0.3, -0.25) is 9.79 Å². The Morgan fingerprint density at radius 1 is 1.08 bits per heavy atom. The molecule has 0 aromatic carbocycles. The third kappa shape index (κ3) is 6.74. The Kier molecular flexibility index (Phi) is 9.95. The van der Waals surface area contributed by atoms with Crippen molar-refractivity contribution in [2.24, 2.45) is 16.8 Å². The maximum atomic E-state index is 11.5. The van der Waals surface area contributed by atoms with Crippen LogP contribution in [-0.2, 0) is 4.79 Å². The van der Waals surface area contributed by atoms with Gasteiger partial charge in [-0.2, -0.15) is 0 Å². The van der Waals surface area contributed by atoms with E-state index in [2.05, 4.69) is 32.5 Å². The number of rotatable bonds is 4. The molecule has 0 aromatic rings. The topological polar surface area (TPSA) is 60.0 Å². The van der Waals surface area contributed by atoms with Gasteiger partial charge in [0.05, 0.1) is 0 Å². The number of aliphatic imine (C=N–C) groups is 1. The highest BCUT2D eigenvalue weighted by molar-refractivity contribution is 14.0. The Morgan fingerprint density at radius 2 is 1.67 bits per heavy atom. The molecule has 0 spiro atoms. The number of nitrogens with zero attached hydrogens (tertiary/aromatic N) is 3. The van der Waals surface area contributed by atoms with Crippen molar-refractivity contribution < 1.29 is 4.79 Å². The smallest absolute Gasteiger partial charge is 0.220 e. The molecular formula is C17H34IN5O. The van der Waals surface area contributed by atoms with Crippen molar-refractivity contribution in [2.45, 2.75) is 32.1 Å². The van der Waals surface area contributed by atoms with Crippen LogP contribution in [0.1, 0.15) is 32.1 Å². The summed E-state index contributed by atoms with van der Waals surface area (Å²) in [6.07, 6.45) is 5.35. The van der Waals surface area contributed by atoms with Gasteiger partial charge in [-0.05, 0) is 57.7 Å². The summed E-state index contributed by atoms with van der Waals surface area (Å²) in [7, 11) is 5.78. The van der Waals surface area contributed by atoms with Gasteiger partial charge in [0.15, 0.2) is 5.96 Å². The van der Waals surface area contributed by atoms with Gasteiger partial charge in [-0.25, -0.2) is 0 Å². The molecule has 2 aliphatic heterocycles. The number of piperidine rings is 2. The summed E-state index contributed by atoms with van der Waals surface area (Å²) in [6, 6.07) is 0. The number of halogens is 1. The minimum absolute atomic E-state index is 0. The van der Waals surface area contributed by atoms with Gasteiger partial charge in [-0.1, -0.05) is 0 Å². The summed E-state index contributed by atoms with van der Waals surface area (Å²) < 4.78 is 0. The van der Waals surface area contributed by atoms with Crippen molar-refractivity contribution in [3.8, 4) is 0 Å². The number of nitrogens with one attached hydrogen (secondary N) is 2. The fourth-order valence-corrected chi connectivity index (χ4v) is 3.55. The number of hydrogen-bond acceptors (Lipinski definition) is 3. The molecule has 0 radical (unpaired) electrons. The standard InChI is InChI=1S/C17H33N5O.HI/c1-18-16(23)12-14-6-10-22(11-7-14)17(19-2)20-13-15-4-8-21(3)9-5-15;/h14-15H,4-13H2,1-3H3,(H,18,23)(H,19,20);1H. The van der Waals surface area contributed by atoms with Crippen molar-refractivity contribution in [1.29, 1.82) is 0 Å². The molecule has 6 nitrogen and oxygen atoms in total. The average Bonchev–Trinajstić information content (AvgIpc) is 2.58. The third-order valence-corrected chi connectivity index (χ3v) is 5.27. The van der Waals surface area contributed by atoms with Crippen molar-refractivity contribution in [3.05, 3.63) is 0 Å². The van der Waals surface area contributed by atoms with E-state index in [1.807, 2.05) is 7.05 Å². The first-order valence-corrected chi connectivity index (χ1v) is 8.97. The van der Waals surface area contributed by atoms with Gasteiger partial charge in [0, 0.05) is 40.2 Å². The molecule has 24 heavy (non-hydrogen) atoms. The number of carbonyl (C=O) groups excluding carboxylic acids is 1. The minimum Gasteiger partial charge on any atom is -0.359 e. The van der Waals surface area contributed by atoms with Crippen LogP contribution in [0.4, 0.5) is 0 Å². The van der Waals surface area contributed by atoms with E-state index in [-0.39, 0.29) is 29.9 Å². The number of carbonyl (C=O) groups is 1. The van der Waals surface area contributed by atoms with Crippen LogP contribution in [-0.4, -0.2) is 75.5 Å². The molecule has 0 bridgehead atoms. The summed E-state index contributed by atoms with van der Waals surface area (Å²) in [5.74, 6) is 2.46. The van der Waals surface area contributed by atoms with Crippen LogP contribution in [0, 0.1) is 11.8 Å². The van der Waals surface area contributed by atoms with Crippen molar-refractivity contribution >= 4 is 35.8 Å². The Labute approximate surface area is 163 Å².